The molecule has 3 aromatic rings. The molecule has 4 rings (SSSR count). The average Bonchev–Trinajstić information content (AvgIpc) is 3.47. The van der Waals surface area contributed by atoms with Crippen molar-refractivity contribution in [1.82, 2.24) is 14.5 Å². The Morgan fingerprint density at radius 1 is 1.42 bits per heavy atom. The Labute approximate surface area is 195 Å². The van der Waals surface area contributed by atoms with Gasteiger partial charge in [-0.1, -0.05) is 0 Å². The summed E-state index contributed by atoms with van der Waals surface area (Å²) in [5.41, 5.74) is 2.54. The second-order valence-electron chi connectivity index (χ2n) is 8.21. The number of carbonyl (C=O) groups excluding carboxylic acids is 1. The summed E-state index contributed by atoms with van der Waals surface area (Å²) in [6.07, 6.45) is 6.90. The lowest BCUT2D eigenvalue weighted by molar-refractivity contribution is 0.101. The summed E-state index contributed by atoms with van der Waals surface area (Å²) in [6.45, 7) is 2.50. The summed E-state index contributed by atoms with van der Waals surface area (Å²) in [7, 11) is -4.07. The molecule has 1 fully saturated rings. The fraction of sp³-hybridized carbons (Fsp3) is 0.381. The minimum atomic E-state index is -4.07. The zero-order valence-corrected chi connectivity index (χ0v) is 19.6. The minimum Gasteiger partial charge on any atom is -0.393 e. The molecule has 3 aromatic heterocycles. The Hall–Kier alpha value is -2.64. The number of nitrogens with one attached hydrogen (secondary N) is 1. The molecule has 4 N–H and O–H groups in total. The molecule has 176 valence electrons. The first-order chi connectivity index (χ1) is 15.7. The second kappa shape index (κ2) is 9.69. The molecule has 1 unspecified atom stereocenters. The molecule has 10 nitrogen and oxygen atoms in total. The Balaban J connectivity index is 1.44. The number of aromatic nitrogens is 3. The van der Waals surface area contributed by atoms with Crippen molar-refractivity contribution < 1.29 is 22.5 Å². The van der Waals surface area contributed by atoms with Crippen molar-refractivity contribution in [2.45, 2.75) is 38.5 Å². The van der Waals surface area contributed by atoms with E-state index in [0.717, 1.165) is 5.56 Å². The Morgan fingerprint density at radius 2 is 2.24 bits per heavy atom. The maximum atomic E-state index is 13.2. The van der Waals surface area contributed by atoms with Crippen molar-refractivity contribution in [2.75, 3.05) is 11.9 Å². The summed E-state index contributed by atoms with van der Waals surface area (Å²) in [5.74, 6) is -0.221. The van der Waals surface area contributed by atoms with Crippen LogP contribution in [0.1, 0.15) is 39.2 Å². The quantitative estimate of drug-likeness (QED) is 0.383. The summed E-state index contributed by atoms with van der Waals surface area (Å²) in [6, 6.07) is 3.69. The molecule has 12 heteroatoms. The van der Waals surface area contributed by atoms with Crippen molar-refractivity contribution in [3.05, 3.63) is 64.0 Å². The highest BCUT2D eigenvalue weighted by Gasteiger charge is 2.34. The largest absolute Gasteiger partial charge is 0.393 e. The second-order valence-corrected chi connectivity index (χ2v) is 10.3. The predicted molar refractivity (Wildman–Crippen MR) is 123 cm³/mol. The van der Waals surface area contributed by atoms with Gasteiger partial charge in [0.25, 0.3) is 0 Å². The molecular formula is C21H25N5O5S2. The fourth-order valence-electron chi connectivity index (χ4n) is 3.97. The van der Waals surface area contributed by atoms with E-state index < -0.39 is 22.3 Å². The van der Waals surface area contributed by atoms with Crippen molar-refractivity contribution >= 4 is 33.2 Å². The van der Waals surface area contributed by atoms with E-state index in [0.29, 0.717) is 35.6 Å². The van der Waals surface area contributed by atoms with Gasteiger partial charge in [0.2, 0.25) is 5.78 Å². The molecule has 0 saturated heterocycles. The van der Waals surface area contributed by atoms with Crippen molar-refractivity contribution in [1.29, 1.82) is 0 Å². The van der Waals surface area contributed by atoms with Crippen molar-refractivity contribution in [2.24, 2.45) is 11.1 Å². The number of aliphatic hydroxyl groups is 1. The molecule has 33 heavy (non-hydrogen) atoms. The van der Waals surface area contributed by atoms with Gasteiger partial charge >= 0.3 is 10.3 Å². The van der Waals surface area contributed by atoms with Crippen LogP contribution in [0.15, 0.2) is 42.4 Å². The molecule has 0 amide bonds. The Morgan fingerprint density at radius 3 is 2.97 bits per heavy atom. The summed E-state index contributed by atoms with van der Waals surface area (Å²) >= 11 is 1.37. The summed E-state index contributed by atoms with van der Waals surface area (Å²) in [4.78, 5) is 22.0. The van der Waals surface area contributed by atoms with Crippen LogP contribution in [-0.2, 0) is 21.0 Å². The SMILES string of the molecule is Cc1ccn(Cc2csc(C(=O)c3cncnc3N[C@@H]3CC(COS(N)(=O)=O)[C@@H](O)C3)c2)c1. The Bertz CT molecular complexity index is 1240. The lowest BCUT2D eigenvalue weighted by Crippen LogP contribution is -2.24. The van der Waals surface area contributed by atoms with Gasteiger partial charge in [0, 0.05) is 37.1 Å². The first kappa shape index (κ1) is 23.5. The van der Waals surface area contributed by atoms with E-state index in [2.05, 4.69) is 24.0 Å². The van der Waals surface area contributed by atoms with Gasteiger partial charge in [-0.15, -0.1) is 11.3 Å². The van der Waals surface area contributed by atoms with Crippen LogP contribution in [0, 0.1) is 12.8 Å². The average molecular weight is 492 g/mol. The van der Waals surface area contributed by atoms with Gasteiger partial charge in [-0.3, -0.25) is 8.98 Å². The van der Waals surface area contributed by atoms with Gasteiger partial charge in [-0.25, -0.2) is 15.1 Å². The third-order valence-corrected chi connectivity index (χ3v) is 6.98. The first-order valence-electron chi connectivity index (χ1n) is 10.3. The van der Waals surface area contributed by atoms with E-state index in [-0.39, 0.29) is 18.4 Å². The van der Waals surface area contributed by atoms with Gasteiger partial charge in [0.1, 0.15) is 12.1 Å². The number of aliphatic hydroxyl groups excluding tert-OH is 1. The lowest BCUT2D eigenvalue weighted by Gasteiger charge is -2.15. The van der Waals surface area contributed by atoms with Crippen LogP contribution in [0.4, 0.5) is 5.82 Å². The summed E-state index contributed by atoms with van der Waals surface area (Å²) in [5, 5.41) is 20.3. The van der Waals surface area contributed by atoms with Crippen molar-refractivity contribution in [3.63, 3.8) is 0 Å². The number of hydrogen-bond donors (Lipinski definition) is 3. The van der Waals surface area contributed by atoms with E-state index in [4.69, 9.17) is 5.14 Å². The highest BCUT2D eigenvalue weighted by atomic mass is 32.2. The summed E-state index contributed by atoms with van der Waals surface area (Å²) < 4.78 is 28.8. The van der Waals surface area contributed by atoms with Gasteiger partial charge in [0.05, 0.1) is 23.2 Å². The predicted octanol–water partition coefficient (Wildman–Crippen LogP) is 1.70. The number of nitrogens with zero attached hydrogens (tertiary/aromatic N) is 3. The standard InChI is InChI=1S/C21H25N5O5S2/c1-13-2-3-26(8-13)9-14-4-19(32-11-14)20(28)17-7-23-12-24-21(17)25-16-5-15(18(27)6-16)10-31-33(22,29)30/h2-4,7-8,11-12,15-16,18,27H,5-6,9-10H2,1H3,(H2,22,29,30)(H,23,24,25)/t15?,16-,18+/m1/s1. The molecule has 1 aliphatic rings. The van der Waals surface area contributed by atoms with Crippen LogP contribution >= 0.6 is 11.3 Å². The Kier molecular flexibility index (Phi) is 6.91. The zero-order chi connectivity index (χ0) is 23.6. The fourth-order valence-corrected chi connectivity index (χ4v) is 5.19. The van der Waals surface area contributed by atoms with Gasteiger partial charge in [-0.2, -0.15) is 8.42 Å². The van der Waals surface area contributed by atoms with Crippen LogP contribution in [0.3, 0.4) is 0 Å². The van der Waals surface area contributed by atoms with Gasteiger partial charge < -0.3 is 15.0 Å². The third kappa shape index (κ3) is 6.03. The number of ketones is 1. The number of rotatable bonds is 9. The van der Waals surface area contributed by atoms with Crippen LogP contribution in [0.5, 0.6) is 0 Å². The smallest absolute Gasteiger partial charge is 0.333 e. The molecule has 1 saturated carbocycles. The molecular weight excluding hydrogens is 466 g/mol. The number of anilines is 1. The number of hydrogen-bond acceptors (Lipinski definition) is 9. The van der Waals surface area contributed by atoms with E-state index in [1.54, 1.807) is 0 Å². The topological polar surface area (TPSA) is 149 Å². The number of nitrogens with two attached hydrogens (primary N) is 1. The molecule has 0 aliphatic heterocycles. The molecule has 1 aliphatic carbocycles. The molecule has 0 aromatic carbocycles. The van der Waals surface area contributed by atoms with Crippen LogP contribution in [0.2, 0.25) is 0 Å². The van der Waals surface area contributed by atoms with Gasteiger partial charge in [0.15, 0.2) is 0 Å². The zero-order valence-electron chi connectivity index (χ0n) is 17.9. The van der Waals surface area contributed by atoms with E-state index >= 15 is 0 Å². The van der Waals surface area contributed by atoms with Crippen LogP contribution in [-0.4, -0.2) is 52.6 Å². The van der Waals surface area contributed by atoms with Crippen LogP contribution < -0.4 is 10.5 Å². The van der Waals surface area contributed by atoms with E-state index in [1.807, 2.05) is 36.8 Å². The first-order valence-corrected chi connectivity index (χ1v) is 12.7. The number of thiophene rings is 1. The van der Waals surface area contributed by atoms with Crippen molar-refractivity contribution in [3.8, 4) is 0 Å². The molecule has 0 bridgehead atoms. The van der Waals surface area contributed by atoms with E-state index in [1.165, 1.54) is 29.4 Å². The monoisotopic (exact) mass is 491 g/mol. The molecule has 3 heterocycles. The highest BCUT2D eigenvalue weighted by molar-refractivity contribution is 7.84. The van der Waals surface area contributed by atoms with Gasteiger partial charge in [-0.05, 0) is 48.4 Å². The normalized spacial score (nSPS) is 20.8. The number of aryl methyl sites for hydroxylation is 1. The number of carbonyl (C=O) groups is 1. The highest BCUT2D eigenvalue weighted by Crippen LogP contribution is 2.30. The lowest BCUT2D eigenvalue weighted by atomic mass is 10.1. The maximum Gasteiger partial charge on any atom is 0.333 e. The van der Waals surface area contributed by atoms with E-state index in [9.17, 15) is 18.3 Å². The van der Waals surface area contributed by atoms with Crippen LogP contribution in [0.25, 0.3) is 0 Å². The molecule has 0 radical (unpaired) electrons. The minimum absolute atomic E-state index is 0.189. The molecule has 3 atom stereocenters. The molecule has 0 spiro atoms. The third-order valence-electron chi connectivity index (χ3n) is 5.54. The maximum absolute atomic E-state index is 13.2.